The van der Waals surface area contributed by atoms with Crippen LogP contribution in [0.25, 0.3) is 0 Å². The predicted octanol–water partition coefficient (Wildman–Crippen LogP) is 2.14. The molecule has 1 aliphatic carbocycles. The van der Waals surface area contributed by atoms with Crippen molar-refractivity contribution in [2.24, 2.45) is 5.92 Å². The van der Waals surface area contributed by atoms with E-state index in [4.69, 9.17) is 0 Å². The highest BCUT2D eigenvalue weighted by Crippen LogP contribution is 2.38. The summed E-state index contributed by atoms with van der Waals surface area (Å²) in [5.74, 6) is 0.852. The lowest BCUT2D eigenvalue weighted by Crippen LogP contribution is -2.49. The Kier molecular flexibility index (Phi) is 4.45. The molecule has 2 bridgehead atoms. The maximum Gasteiger partial charge on any atom is 0.0570 e. The van der Waals surface area contributed by atoms with Gasteiger partial charge in [0.2, 0.25) is 0 Å². The molecule has 3 heteroatoms. The third-order valence-electron chi connectivity index (χ3n) is 5.62. The molecule has 2 N–H and O–H groups in total. The number of aliphatic hydroxyl groups excluding tert-OH is 1. The SMILES string of the molecule is CCCNC1CCCC1CN1C2CCC1CC(O)C2. The Morgan fingerprint density at radius 3 is 2.53 bits per heavy atom. The maximum atomic E-state index is 9.90. The van der Waals surface area contributed by atoms with Gasteiger partial charge in [0.1, 0.15) is 0 Å². The van der Waals surface area contributed by atoms with E-state index < -0.39 is 0 Å². The van der Waals surface area contributed by atoms with Crippen LogP contribution < -0.4 is 5.32 Å². The number of nitrogens with one attached hydrogen (secondary N) is 1. The average molecular weight is 266 g/mol. The number of hydrogen-bond acceptors (Lipinski definition) is 3. The minimum Gasteiger partial charge on any atom is -0.393 e. The van der Waals surface area contributed by atoms with Gasteiger partial charge in [-0.05, 0) is 57.4 Å². The Morgan fingerprint density at radius 1 is 1.11 bits per heavy atom. The molecule has 2 aliphatic heterocycles. The van der Waals surface area contributed by atoms with Gasteiger partial charge in [-0.3, -0.25) is 4.90 Å². The molecule has 19 heavy (non-hydrogen) atoms. The fourth-order valence-corrected chi connectivity index (χ4v) is 4.67. The summed E-state index contributed by atoms with van der Waals surface area (Å²) in [6.45, 7) is 4.71. The van der Waals surface area contributed by atoms with Crippen molar-refractivity contribution in [2.75, 3.05) is 13.1 Å². The Morgan fingerprint density at radius 2 is 1.84 bits per heavy atom. The van der Waals surface area contributed by atoms with E-state index in [1.807, 2.05) is 0 Å². The topological polar surface area (TPSA) is 35.5 Å². The van der Waals surface area contributed by atoms with E-state index in [-0.39, 0.29) is 6.10 Å². The molecule has 4 unspecified atom stereocenters. The summed E-state index contributed by atoms with van der Waals surface area (Å²) in [4.78, 5) is 2.75. The summed E-state index contributed by atoms with van der Waals surface area (Å²) in [5.41, 5.74) is 0. The van der Waals surface area contributed by atoms with Gasteiger partial charge in [-0.15, -0.1) is 0 Å². The number of rotatable bonds is 5. The Hall–Kier alpha value is -0.120. The smallest absolute Gasteiger partial charge is 0.0570 e. The second-order valence-electron chi connectivity index (χ2n) is 6.96. The van der Waals surface area contributed by atoms with Crippen molar-refractivity contribution < 1.29 is 5.11 Å². The second-order valence-corrected chi connectivity index (χ2v) is 6.96. The van der Waals surface area contributed by atoms with E-state index in [9.17, 15) is 5.11 Å². The molecule has 2 saturated heterocycles. The highest BCUT2D eigenvalue weighted by molar-refractivity contribution is 4.97. The quantitative estimate of drug-likeness (QED) is 0.800. The van der Waals surface area contributed by atoms with Crippen LogP contribution in [-0.2, 0) is 0 Å². The van der Waals surface area contributed by atoms with Crippen LogP contribution in [0.1, 0.15) is 58.3 Å². The van der Waals surface area contributed by atoms with Crippen LogP contribution in [0, 0.1) is 5.92 Å². The molecule has 110 valence electrons. The molecular formula is C16H30N2O. The minimum absolute atomic E-state index is 0.0219. The van der Waals surface area contributed by atoms with Crippen molar-refractivity contribution in [3.63, 3.8) is 0 Å². The summed E-state index contributed by atoms with van der Waals surface area (Å²) in [6, 6.07) is 2.12. The van der Waals surface area contributed by atoms with Gasteiger partial charge in [-0.1, -0.05) is 13.3 Å². The van der Waals surface area contributed by atoms with Crippen LogP contribution in [0.3, 0.4) is 0 Å². The fourth-order valence-electron chi connectivity index (χ4n) is 4.67. The van der Waals surface area contributed by atoms with Crippen LogP contribution in [0.4, 0.5) is 0 Å². The van der Waals surface area contributed by atoms with Crippen molar-refractivity contribution >= 4 is 0 Å². The highest BCUT2D eigenvalue weighted by Gasteiger charge is 2.42. The molecule has 0 radical (unpaired) electrons. The molecule has 3 nitrogen and oxygen atoms in total. The van der Waals surface area contributed by atoms with Crippen molar-refractivity contribution in [1.82, 2.24) is 10.2 Å². The third kappa shape index (κ3) is 2.98. The average Bonchev–Trinajstić information content (AvgIpc) is 2.92. The Bertz CT molecular complexity index is 282. The molecule has 3 rings (SSSR count). The third-order valence-corrected chi connectivity index (χ3v) is 5.62. The number of aliphatic hydroxyl groups is 1. The lowest BCUT2D eigenvalue weighted by atomic mass is 9.96. The first-order valence-corrected chi connectivity index (χ1v) is 8.45. The van der Waals surface area contributed by atoms with E-state index in [1.165, 1.54) is 51.6 Å². The van der Waals surface area contributed by atoms with E-state index >= 15 is 0 Å². The molecule has 0 aromatic carbocycles. The first-order valence-electron chi connectivity index (χ1n) is 8.45. The van der Waals surface area contributed by atoms with Crippen LogP contribution in [0.5, 0.6) is 0 Å². The fraction of sp³-hybridized carbons (Fsp3) is 1.00. The largest absolute Gasteiger partial charge is 0.393 e. The second kappa shape index (κ2) is 6.11. The van der Waals surface area contributed by atoms with Crippen molar-refractivity contribution in [3.05, 3.63) is 0 Å². The first-order chi connectivity index (χ1) is 9.28. The number of piperidine rings is 1. The molecule has 0 amide bonds. The summed E-state index contributed by atoms with van der Waals surface area (Å²) in [5, 5.41) is 13.7. The van der Waals surface area contributed by atoms with Crippen molar-refractivity contribution in [2.45, 2.75) is 82.5 Å². The zero-order valence-electron chi connectivity index (χ0n) is 12.4. The molecule has 4 atom stereocenters. The molecule has 2 heterocycles. The number of nitrogens with zero attached hydrogens (tertiary/aromatic N) is 1. The van der Waals surface area contributed by atoms with Gasteiger partial charge in [0, 0.05) is 24.7 Å². The van der Waals surface area contributed by atoms with E-state index in [0.717, 1.165) is 24.8 Å². The zero-order valence-corrected chi connectivity index (χ0v) is 12.4. The number of fused-ring (bicyclic) bond motifs is 2. The van der Waals surface area contributed by atoms with Crippen molar-refractivity contribution in [3.8, 4) is 0 Å². The molecule has 0 aromatic rings. The normalized spacial score (nSPS) is 42.9. The van der Waals surface area contributed by atoms with E-state index in [0.29, 0.717) is 12.1 Å². The Balaban J connectivity index is 1.56. The molecule has 1 saturated carbocycles. The standard InChI is InChI=1S/C16H30N2O/c1-2-8-17-16-5-3-4-12(16)11-18-13-6-7-14(18)10-15(19)9-13/h12-17,19H,2-11H2,1H3. The van der Waals surface area contributed by atoms with Gasteiger partial charge in [-0.25, -0.2) is 0 Å². The monoisotopic (exact) mass is 266 g/mol. The zero-order chi connectivity index (χ0) is 13.2. The van der Waals surface area contributed by atoms with Gasteiger partial charge in [-0.2, -0.15) is 0 Å². The lowest BCUT2D eigenvalue weighted by Gasteiger charge is -2.39. The summed E-state index contributed by atoms with van der Waals surface area (Å²) in [7, 11) is 0. The molecule has 3 fully saturated rings. The maximum absolute atomic E-state index is 9.90. The molecule has 0 spiro atoms. The molecular weight excluding hydrogens is 236 g/mol. The van der Waals surface area contributed by atoms with E-state index in [1.54, 1.807) is 0 Å². The summed E-state index contributed by atoms with van der Waals surface area (Å²) in [6.07, 6.45) is 10.1. The van der Waals surface area contributed by atoms with Gasteiger partial charge < -0.3 is 10.4 Å². The highest BCUT2D eigenvalue weighted by atomic mass is 16.3. The lowest BCUT2D eigenvalue weighted by molar-refractivity contribution is 0.0252. The first kappa shape index (κ1) is 13.8. The van der Waals surface area contributed by atoms with Crippen LogP contribution in [0.2, 0.25) is 0 Å². The van der Waals surface area contributed by atoms with Gasteiger partial charge >= 0.3 is 0 Å². The van der Waals surface area contributed by atoms with Gasteiger partial charge in [0.15, 0.2) is 0 Å². The molecule has 0 aromatic heterocycles. The van der Waals surface area contributed by atoms with Crippen LogP contribution in [0.15, 0.2) is 0 Å². The minimum atomic E-state index is -0.0219. The summed E-state index contributed by atoms with van der Waals surface area (Å²) < 4.78 is 0. The summed E-state index contributed by atoms with van der Waals surface area (Å²) >= 11 is 0. The number of hydrogen-bond donors (Lipinski definition) is 2. The van der Waals surface area contributed by atoms with E-state index in [2.05, 4.69) is 17.1 Å². The Labute approximate surface area is 117 Å². The van der Waals surface area contributed by atoms with Gasteiger partial charge in [0.05, 0.1) is 6.10 Å². The van der Waals surface area contributed by atoms with Crippen LogP contribution in [-0.4, -0.2) is 47.3 Å². The van der Waals surface area contributed by atoms with Crippen molar-refractivity contribution in [1.29, 1.82) is 0 Å². The van der Waals surface area contributed by atoms with Crippen LogP contribution >= 0.6 is 0 Å². The molecule has 3 aliphatic rings. The predicted molar refractivity (Wildman–Crippen MR) is 78.2 cm³/mol. The van der Waals surface area contributed by atoms with Gasteiger partial charge in [0.25, 0.3) is 0 Å².